The number of aromatic nitrogens is 2. The number of halogens is 2. The predicted molar refractivity (Wildman–Crippen MR) is 114 cm³/mol. The number of nitrogens with one attached hydrogen (secondary N) is 1. The third kappa shape index (κ3) is 5.18. The van der Waals surface area contributed by atoms with Crippen LogP contribution in [0.4, 0.5) is 13.6 Å². The van der Waals surface area contributed by atoms with Gasteiger partial charge in [-0.05, 0) is 37.1 Å². The van der Waals surface area contributed by atoms with E-state index < -0.39 is 5.92 Å². The zero-order chi connectivity index (χ0) is 22.0. The van der Waals surface area contributed by atoms with E-state index in [0.29, 0.717) is 32.6 Å². The molecule has 2 aromatic rings. The van der Waals surface area contributed by atoms with Crippen LogP contribution in [0.3, 0.4) is 0 Å². The maximum absolute atomic E-state index is 13.7. The Balaban J connectivity index is 1.32. The largest absolute Gasteiger partial charge is 0.323 e. The van der Waals surface area contributed by atoms with Gasteiger partial charge in [0, 0.05) is 87.4 Å². The van der Waals surface area contributed by atoms with E-state index in [1.54, 1.807) is 11.1 Å². The summed E-state index contributed by atoms with van der Waals surface area (Å²) in [6, 6.07) is 7.89. The number of alkyl halides is 2. The predicted octanol–water partition coefficient (Wildman–Crippen LogP) is 3.36. The first-order chi connectivity index (χ1) is 14.8. The van der Waals surface area contributed by atoms with Crippen molar-refractivity contribution in [2.45, 2.75) is 57.7 Å². The molecule has 0 saturated carbocycles. The summed E-state index contributed by atoms with van der Waals surface area (Å²) in [6.07, 6.45) is 5.38. The molecule has 0 aromatic carbocycles. The zero-order valence-corrected chi connectivity index (χ0v) is 18.0. The summed E-state index contributed by atoms with van der Waals surface area (Å²) >= 11 is 0. The van der Waals surface area contributed by atoms with Gasteiger partial charge in [-0.1, -0.05) is 6.07 Å². The molecule has 8 heteroatoms. The lowest BCUT2D eigenvalue weighted by Crippen LogP contribution is -2.46. The molecule has 0 spiro atoms. The maximum Gasteiger partial charge on any atom is 0.320 e. The lowest BCUT2D eigenvalue weighted by molar-refractivity contribution is 0.0169. The van der Waals surface area contributed by atoms with E-state index in [1.165, 1.54) is 12.3 Å². The number of nitrogens with zero attached hydrogens (tertiary/aromatic N) is 4. The van der Waals surface area contributed by atoms with Gasteiger partial charge in [0.1, 0.15) is 0 Å². The van der Waals surface area contributed by atoms with E-state index >= 15 is 0 Å². The molecule has 1 fully saturated rings. The number of likely N-dealkylation sites (tertiary alicyclic amines) is 1. The Morgan fingerprint density at radius 3 is 2.87 bits per heavy atom. The second-order valence-corrected chi connectivity index (χ2v) is 8.70. The molecule has 2 aromatic heterocycles. The van der Waals surface area contributed by atoms with E-state index in [0.717, 1.165) is 36.7 Å². The fourth-order valence-corrected chi connectivity index (χ4v) is 4.39. The molecular formula is C23H29F2N5O. The molecule has 6 nitrogen and oxygen atoms in total. The Hall–Kier alpha value is -2.61. The molecule has 0 radical (unpaired) electrons. The molecule has 2 aliphatic heterocycles. The van der Waals surface area contributed by atoms with E-state index in [1.807, 2.05) is 23.1 Å². The second-order valence-electron chi connectivity index (χ2n) is 8.70. The number of urea groups is 1. The molecule has 166 valence electrons. The smallest absolute Gasteiger partial charge is 0.320 e. The van der Waals surface area contributed by atoms with E-state index in [2.05, 4.69) is 22.2 Å². The molecule has 4 rings (SSSR count). The van der Waals surface area contributed by atoms with Crippen molar-refractivity contribution >= 4 is 6.03 Å². The average Bonchev–Trinajstić information content (AvgIpc) is 3.20. The summed E-state index contributed by atoms with van der Waals surface area (Å²) in [7, 11) is 0. The Labute approximate surface area is 181 Å². The first-order valence-corrected chi connectivity index (χ1v) is 10.9. The Morgan fingerprint density at radius 1 is 1.29 bits per heavy atom. The molecule has 2 unspecified atom stereocenters. The van der Waals surface area contributed by atoms with E-state index in [-0.39, 0.29) is 23.7 Å². The van der Waals surface area contributed by atoms with Crippen molar-refractivity contribution in [1.29, 1.82) is 0 Å². The minimum Gasteiger partial charge on any atom is -0.323 e. The lowest BCUT2D eigenvalue weighted by Gasteiger charge is -2.32. The number of hydrogen-bond donors (Lipinski definition) is 1. The molecule has 0 bridgehead atoms. The highest BCUT2D eigenvalue weighted by Crippen LogP contribution is 2.29. The van der Waals surface area contributed by atoms with E-state index in [4.69, 9.17) is 0 Å². The number of hydrogen-bond acceptors (Lipinski definition) is 4. The van der Waals surface area contributed by atoms with Crippen LogP contribution in [0.5, 0.6) is 0 Å². The van der Waals surface area contributed by atoms with Crippen LogP contribution in [0.1, 0.15) is 42.8 Å². The molecule has 2 atom stereocenters. The topological polar surface area (TPSA) is 61.4 Å². The molecule has 31 heavy (non-hydrogen) atoms. The van der Waals surface area contributed by atoms with Crippen molar-refractivity contribution in [3.8, 4) is 0 Å². The summed E-state index contributed by atoms with van der Waals surface area (Å²) < 4.78 is 27.3. The highest BCUT2D eigenvalue weighted by atomic mass is 19.3. The summed E-state index contributed by atoms with van der Waals surface area (Å²) in [6.45, 7) is 5.24. The number of carbonyl (C=O) groups excluding carboxylic acids is 1. The molecule has 4 heterocycles. The molecule has 2 aliphatic rings. The van der Waals surface area contributed by atoms with Crippen LogP contribution in [0.2, 0.25) is 0 Å². The van der Waals surface area contributed by atoms with Crippen molar-refractivity contribution in [2.75, 3.05) is 19.6 Å². The Kier molecular flexibility index (Phi) is 6.18. The maximum atomic E-state index is 13.7. The third-order valence-electron chi connectivity index (χ3n) is 6.04. The highest BCUT2D eigenvalue weighted by molar-refractivity contribution is 5.75. The zero-order valence-electron chi connectivity index (χ0n) is 18.0. The van der Waals surface area contributed by atoms with Gasteiger partial charge in [-0.25, -0.2) is 13.6 Å². The van der Waals surface area contributed by atoms with Crippen LogP contribution in [0, 0.1) is 0 Å². The van der Waals surface area contributed by atoms with Gasteiger partial charge in [-0.15, -0.1) is 0 Å². The third-order valence-corrected chi connectivity index (χ3v) is 6.04. The number of pyridine rings is 2. The number of fused-ring (bicyclic) bond motifs is 1. The molecular weight excluding hydrogens is 400 g/mol. The lowest BCUT2D eigenvalue weighted by atomic mass is 10.0. The fourth-order valence-electron chi connectivity index (χ4n) is 4.39. The minimum absolute atomic E-state index is 0.0269. The van der Waals surface area contributed by atoms with Gasteiger partial charge < -0.3 is 15.1 Å². The van der Waals surface area contributed by atoms with Crippen LogP contribution in [0.15, 0.2) is 36.7 Å². The quantitative estimate of drug-likeness (QED) is 0.792. The Bertz CT molecular complexity index is 918. The highest BCUT2D eigenvalue weighted by Gasteiger charge is 2.33. The summed E-state index contributed by atoms with van der Waals surface area (Å²) in [5, 5.41) is 3.61. The van der Waals surface area contributed by atoms with Gasteiger partial charge in [-0.3, -0.25) is 9.97 Å². The minimum atomic E-state index is -2.94. The normalized spacial score (nSPS) is 19.9. The molecule has 1 saturated heterocycles. The summed E-state index contributed by atoms with van der Waals surface area (Å²) in [5.41, 5.74) is 2.47. The van der Waals surface area contributed by atoms with E-state index in [9.17, 15) is 13.6 Å². The number of rotatable bonds is 5. The van der Waals surface area contributed by atoms with Gasteiger partial charge in [0.25, 0.3) is 5.92 Å². The summed E-state index contributed by atoms with van der Waals surface area (Å²) in [5.74, 6) is -2.94. The summed E-state index contributed by atoms with van der Waals surface area (Å²) in [4.78, 5) is 25.3. The van der Waals surface area contributed by atoms with Gasteiger partial charge in [-0.2, -0.15) is 0 Å². The van der Waals surface area contributed by atoms with Crippen molar-refractivity contribution < 1.29 is 13.6 Å². The van der Waals surface area contributed by atoms with Gasteiger partial charge in [0.15, 0.2) is 0 Å². The standard InChI is InChI=1S/C23H29F2N5O/c1-16(11-19-5-3-4-8-26-19)28-20-6-9-30(15-20)22(31)29-10-7-21-17(14-29)12-18(13-27-21)23(2,24)25/h3-5,8,12-13,16,20,28H,6-7,9-11,14-15H2,1-2H3. The SMILES string of the molecule is CC(Cc1ccccn1)NC1CCN(C(=O)N2CCc3ncc(C(C)(F)F)cc3C2)C1. The van der Waals surface area contributed by atoms with Gasteiger partial charge in [0.2, 0.25) is 0 Å². The van der Waals surface area contributed by atoms with Crippen LogP contribution in [0.25, 0.3) is 0 Å². The molecule has 0 aliphatic carbocycles. The first kappa shape index (κ1) is 21.6. The van der Waals surface area contributed by atoms with Gasteiger partial charge in [0.05, 0.1) is 0 Å². The monoisotopic (exact) mass is 429 g/mol. The first-order valence-electron chi connectivity index (χ1n) is 10.9. The van der Waals surface area contributed by atoms with Gasteiger partial charge >= 0.3 is 6.03 Å². The van der Waals surface area contributed by atoms with Crippen molar-refractivity contribution in [3.63, 3.8) is 0 Å². The number of carbonyl (C=O) groups is 1. The fraction of sp³-hybridized carbons (Fsp3) is 0.522. The van der Waals surface area contributed by atoms with Crippen LogP contribution >= 0.6 is 0 Å². The number of amides is 2. The van der Waals surface area contributed by atoms with Crippen LogP contribution < -0.4 is 5.32 Å². The van der Waals surface area contributed by atoms with Crippen molar-refractivity contribution in [2.24, 2.45) is 0 Å². The average molecular weight is 430 g/mol. The molecule has 2 amide bonds. The van der Waals surface area contributed by atoms with Crippen LogP contribution in [-0.4, -0.2) is 57.5 Å². The Morgan fingerprint density at radius 2 is 2.13 bits per heavy atom. The van der Waals surface area contributed by atoms with Crippen molar-refractivity contribution in [3.05, 3.63) is 59.2 Å². The molecule has 1 N–H and O–H groups in total. The second kappa shape index (κ2) is 8.86. The van der Waals surface area contributed by atoms with Crippen LogP contribution in [-0.2, 0) is 25.3 Å². The van der Waals surface area contributed by atoms with Crippen molar-refractivity contribution in [1.82, 2.24) is 25.1 Å².